The predicted molar refractivity (Wildman–Crippen MR) is 44.0 cm³/mol. The molecule has 0 aliphatic rings. The molecule has 3 heteroatoms. The lowest BCUT2D eigenvalue weighted by atomic mass is 10.2. The van der Waals surface area contributed by atoms with Gasteiger partial charge in [-0.1, -0.05) is 0 Å². The first-order valence-electron chi connectivity index (χ1n) is 3.82. The minimum atomic E-state index is 0.0361. The van der Waals surface area contributed by atoms with Crippen LogP contribution in [0.4, 0.5) is 0 Å². The maximum absolute atomic E-state index is 8.77. The van der Waals surface area contributed by atoms with Crippen molar-refractivity contribution in [3.63, 3.8) is 0 Å². The molecular formula is C8H16N2O. The van der Waals surface area contributed by atoms with Crippen LogP contribution in [0.3, 0.4) is 0 Å². The summed E-state index contributed by atoms with van der Waals surface area (Å²) in [6, 6.07) is 2.30. The molecule has 11 heavy (non-hydrogen) atoms. The summed E-state index contributed by atoms with van der Waals surface area (Å²) in [5.41, 5.74) is 0. The third-order valence-electron chi connectivity index (χ3n) is 1.80. The van der Waals surface area contributed by atoms with Gasteiger partial charge >= 0.3 is 0 Å². The number of hydrogen-bond acceptors (Lipinski definition) is 3. The van der Waals surface area contributed by atoms with Crippen LogP contribution in [-0.4, -0.2) is 36.2 Å². The molecule has 0 aliphatic heterocycles. The van der Waals surface area contributed by atoms with Crippen LogP contribution in [0.5, 0.6) is 0 Å². The van der Waals surface area contributed by atoms with Crippen LogP contribution in [0.1, 0.15) is 13.8 Å². The lowest BCUT2D eigenvalue weighted by Gasteiger charge is -2.23. The summed E-state index contributed by atoms with van der Waals surface area (Å²) in [6.45, 7) is 4.68. The molecule has 0 aliphatic carbocycles. The van der Waals surface area contributed by atoms with E-state index in [9.17, 15) is 0 Å². The van der Waals surface area contributed by atoms with Crippen molar-refractivity contribution < 1.29 is 5.11 Å². The van der Waals surface area contributed by atoms with Crippen molar-refractivity contribution in [3.05, 3.63) is 0 Å². The lowest BCUT2D eigenvalue weighted by Crippen LogP contribution is -2.34. The Morgan fingerprint density at radius 1 is 1.55 bits per heavy atom. The highest BCUT2D eigenvalue weighted by molar-refractivity contribution is 4.81. The first-order chi connectivity index (χ1) is 5.11. The molecule has 2 unspecified atom stereocenters. The number of rotatable bonds is 4. The van der Waals surface area contributed by atoms with E-state index in [1.807, 2.05) is 25.8 Å². The number of likely N-dealkylation sites (N-methyl/N-ethyl adjacent to an activating group) is 1. The first kappa shape index (κ1) is 10.4. The fourth-order valence-corrected chi connectivity index (χ4v) is 0.792. The van der Waals surface area contributed by atoms with Crippen LogP contribution in [0.2, 0.25) is 0 Å². The second-order valence-corrected chi connectivity index (χ2v) is 3.00. The summed E-state index contributed by atoms with van der Waals surface area (Å²) < 4.78 is 0. The molecule has 0 spiro atoms. The molecule has 0 aromatic rings. The van der Waals surface area contributed by atoms with E-state index in [2.05, 4.69) is 6.07 Å². The average Bonchev–Trinajstić information content (AvgIpc) is 2.02. The fourth-order valence-electron chi connectivity index (χ4n) is 0.792. The van der Waals surface area contributed by atoms with Gasteiger partial charge in [0.05, 0.1) is 18.6 Å². The standard InChI is InChI=1S/C8H16N2O/c1-7(4-9)5-10(3)8(2)6-11/h7-8,11H,5-6H2,1-3H3. The van der Waals surface area contributed by atoms with Gasteiger partial charge in [0.25, 0.3) is 0 Å². The first-order valence-corrected chi connectivity index (χ1v) is 3.82. The van der Waals surface area contributed by atoms with Crippen molar-refractivity contribution in [3.8, 4) is 6.07 Å². The van der Waals surface area contributed by atoms with Crippen molar-refractivity contribution in [2.75, 3.05) is 20.2 Å². The van der Waals surface area contributed by atoms with E-state index in [-0.39, 0.29) is 18.6 Å². The summed E-state index contributed by atoms with van der Waals surface area (Å²) in [4.78, 5) is 1.98. The van der Waals surface area contributed by atoms with Crippen LogP contribution >= 0.6 is 0 Å². The molecule has 0 saturated heterocycles. The number of nitrogens with zero attached hydrogens (tertiary/aromatic N) is 2. The number of hydrogen-bond donors (Lipinski definition) is 1. The molecule has 1 N–H and O–H groups in total. The van der Waals surface area contributed by atoms with Gasteiger partial charge in [0.15, 0.2) is 0 Å². The second-order valence-electron chi connectivity index (χ2n) is 3.00. The molecule has 0 radical (unpaired) electrons. The molecular weight excluding hydrogens is 140 g/mol. The Balaban J connectivity index is 3.69. The van der Waals surface area contributed by atoms with Gasteiger partial charge in [0.1, 0.15) is 0 Å². The second kappa shape index (κ2) is 5.11. The zero-order chi connectivity index (χ0) is 8.85. The van der Waals surface area contributed by atoms with Crippen LogP contribution in [0.15, 0.2) is 0 Å². The van der Waals surface area contributed by atoms with E-state index in [0.29, 0.717) is 0 Å². The Kier molecular flexibility index (Phi) is 4.84. The van der Waals surface area contributed by atoms with Gasteiger partial charge in [-0.05, 0) is 20.9 Å². The molecule has 0 fully saturated rings. The SMILES string of the molecule is CC(C#N)CN(C)C(C)CO. The molecule has 0 aromatic heterocycles. The van der Waals surface area contributed by atoms with Crippen molar-refractivity contribution in [1.82, 2.24) is 4.90 Å². The highest BCUT2D eigenvalue weighted by Gasteiger charge is 2.10. The maximum atomic E-state index is 8.77. The minimum Gasteiger partial charge on any atom is -0.395 e. The van der Waals surface area contributed by atoms with Crippen molar-refractivity contribution in [2.45, 2.75) is 19.9 Å². The van der Waals surface area contributed by atoms with Gasteiger partial charge in [0, 0.05) is 12.6 Å². The fraction of sp³-hybridized carbons (Fsp3) is 0.875. The molecule has 2 atom stereocenters. The molecule has 3 nitrogen and oxygen atoms in total. The molecule has 0 heterocycles. The Morgan fingerprint density at radius 2 is 2.09 bits per heavy atom. The van der Waals surface area contributed by atoms with Gasteiger partial charge in [-0.25, -0.2) is 0 Å². The topological polar surface area (TPSA) is 47.3 Å². The average molecular weight is 156 g/mol. The quantitative estimate of drug-likeness (QED) is 0.643. The monoisotopic (exact) mass is 156 g/mol. The summed E-state index contributed by atoms with van der Waals surface area (Å²) in [5.74, 6) is 0.0361. The summed E-state index contributed by atoms with van der Waals surface area (Å²) in [7, 11) is 1.91. The Morgan fingerprint density at radius 3 is 2.45 bits per heavy atom. The molecule has 0 amide bonds. The Bertz CT molecular complexity index is 142. The lowest BCUT2D eigenvalue weighted by molar-refractivity contribution is 0.152. The third kappa shape index (κ3) is 3.97. The summed E-state index contributed by atoms with van der Waals surface area (Å²) in [6.07, 6.45) is 0. The van der Waals surface area contributed by atoms with Crippen molar-refractivity contribution in [1.29, 1.82) is 5.26 Å². The number of aliphatic hydroxyl groups is 1. The van der Waals surface area contributed by atoms with E-state index in [1.165, 1.54) is 0 Å². The zero-order valence-electron chi connectivity index (χ0n) is 7.41. The van der Waals surface area contributed by atoms with Gasteiger partial charge in [0.2, 0.25) is 0 Å². The Labute approximate surface area is 68.2 Å². The van der Waals surface area contributed by atoms with E-state index < -0.39 is 0 Å². The summed E-state index contributed by atoms with van der Waals surface area (Å²) >= 11 is 0. The molecule has 0 bridgehead atoms. The highest BCUT2D eigenvalue weighted by Crippen LogP contribution is 2.00. The van der Waals surface area contributed by atoms with Crippen LogP contribution < -0.4 is 0 Å². The molecule has 64 valence electrons. The zero-order valence-corrected chi connectivity index (χ0v) is 7.41. The maximum Gasteiger partial charge on any atom is 0.0666 e. The third-order valence-corrected chi connectivity index (χ3v) is 1.80. The van der Waals surface area contributed by atoms with Gasteiger partial charge in [-0.15, -0.1) is 0 Å². The van der Waals surface area contributed by atoms with Crippen LogP contribution in [-0.2, 0) is 0 Å². The minimum absolute atomic E-state index is 0.0361. The summed E-state index contributed by atoms with van der Waals surface area (Å²) in [5, 5.41) is 17.3. The predicted octanol–water partition coefficient (Wildman–Crippen LogP) is 0.459. The normalized spacial score (nSPS) is 16.0. The smallest absolute Gasteiger partial charge is 0.0666 e. The Hall–Kier alpha value is -0.590. The van der Waals surface area contributed by atoms with E-state index in [4.69, 9.17) is 10.4 Å². The van der Waals surface area contributed by atoms with E-state index in [1.54, 1.807) is 0 Å². The number of aliphatic hydroxyl groups excluding tert-OH is 1. The highest BCUT2D eigenvalue weighted by atomic mass is 16.3. The van der Waals surface area contributed by atoms with Gasteiger partial charge in [-0.2, -0.15) is 5.26 Å². The molecule has 0 aromatic carbocycles. The molecule has 0 rings (SSSR count). The van der Waals surface area contributed by atoms with Crippen molar-refractivity contribution >= 4 is 0 Å². The van der Waals surface area contributed by atoms with E-state index in [0.717, 1.165) is 6.54 Å². The van der Waals surface area contributed by atoms with Gasteiger partial charge < -0.3 is 10.0 Å². The van der Waals surface area contributed by atoms with Gasteiger partial charge in [-0.3, -0.25) is 0 Å². The van der Waals surface area contributed by atoms with Crippen molar-refractivity contribution in [2.24, 2.45) is 5.92 Å². The molecule has 0 saturated carbocycles. The largest absolute Gasteiger partial charge is 0.395 e. The number of nitriles is 1. The van der Waals surface area contributed by atoms with Crippen LogP contribution in [0, 0.1) is 17.2 Å². The van der Waals surface area contributed by atoms with E-state index >= 15 is 0 Å². The van der Waals surface area contributed by atoms with Crippen LogP contribution in [0.25, 0.3) is 0 Å².